The Balaban J connectivity index is 1.32. The molecule has 9 heteroatoms. The van der Waals surface area contributed by atoms with Gasteiger partial charge < -0.3 is 4.74 Å². The molecule has 0 amide bonds. The van der Waals surface area contributed by atoms with E-state index in [-0.39, 0.29) is 0 Å². The van der Waals surface area contributed by atoms with Crippen molar-refractivity contribution >= 4 is 27.2 Å². The number of nitrogens with one attached hydrogen (secondary N) is 1. The van der Waals surface area contributed by atoms with Crippen molar-refractivity contribution in [1.29, 1.82) is 0 Å². The van der Waals surface area contributed by atoms with Gasteiger partial charge in [-0.25, -0.2) is 4.98 Å². The molecule has 8 nitrogen and oxygen atoms in total. The van der Waals surface area contributed by atoms with Crippen LogP contribution in [0.15, 0.2) is 91.0 Å². The number of rotatable bonds is 5. The number of methoxy groups -OCH3 is 1. The molecule has 0 saturated heterocycles. The van der Waals surface area contributed by atoms with Gasteiger partial charge in [-0.15, -0.1) is 10.2 Å². The van der Waals surface area contributed by atoms with Crippen LogP contribution in [0.4, 0.5) is 0 Å². The summed E-state index contributed by atoms with van der Waals surface area (Å²) in [6.07, 6.45) is 0. The largest absolute Gasteiger partial charge is 0.497 e. The fraction of sp³-hybridized carbons (Fsp3) is 0.0357. The zero-order valence-electron chi connectivity index (χ0n) is 19.7. The molecule has 0 fully saturated rings. The van der Waals surface area contributed by atoms with Crippen LogP contribution in [0.25, 0.3) is 60.5 Å². The highest BCUT2D eigenvalue weighted by molar-refractivity contribution is 7.20. The van der Waals surface area contributed by atoms with Crippen molar-refractivity contribution in [3.63, 3.8) is 0 Å². The monoisotopic (exact) mass is 501 g/mol. The van der Waals surface area contributed by atoms with E-state index in [4.69, 9.17) is 14.8 Å². The zero-order chi connectivity index (χ0) is 24.8. The summed E-state index contributed by atoms with van der Waals surface area (Å²) in [4.78, 5) is 5.60. The van der Waals surface area contributed by atoms with Crippen molar-refractivity contribution in [3.8, 4) is 50.4 Å². The molecule has 0 radical (unpaired) electrons. The second-order valence-electron chi connectivity index (χ2n) is 8.46. The van der Waals surface area contributed by atoms with Gasteiger partial charge >= 0.3 is 0 Å². The van der Waals surface area contributed by atoms with Gasteiger partial charge in [-0.3, -0.25) is 5.10 Å². The molecule has 0 bridgehead atoms. The van der Waals surface area contributed by atoms with Crippen molar-refractivity contribution in [3.05, 3.63) is 91.0 Å². The van der Waals surface area contributed by atoms with E-state index in [0.717, 1.165) is 55.4 Å². The van der Waals surface area contributed by atoms with Gasteiger partial charge in [0.2, 0.25) is 10.8 Å². The summed E-state index contributed by atoms with van der Waals surface area (Å²) in [6.45, 7) is 0. The van der Waals surface area contributed by atoms with E-state index >= 15 is 0 Å². The molecule has 4 aromatic heterocycles. The third-order valence-electron chi connectivity index (χ3n) is 6.21. The number of nitrogens with zero attached hydrogens (tertiary/aromatic N) is 6. The summed E-state index contributed by atoms with van der Waals surface area (Å²) in [5.74, 6) is 1.40. The van der Waals surface area contributed by atoms with Crippen molar-refractivity contribution in [2.75, 3.05) is 7.11 Å². The standard InChI is InChI=1S/C28H19N7OS/c1-36-19-13-11-18(12-14-19)24-16-25(31-30-24)26-32-33-28-35(26)34-27(37-28)21-15-23(17-7-3-2-4-8-17)29-22-10-6-5-9-20(21)22/h2-16H,1H3,(H,30,31). The van der Waals surface area contributed by atoms with Crippen LogP contribution in [0, 0.1) is 0 Å². The number of fused-ring (bicyclic) bond motifs is 2. The molecule has 0 atom stereocenters. The molecule has 178 valence electrons. The molecule has 0 aliphatic heterocycles. The van der Waals surface area contributed by atoms with E-state index in [1.165, 1.54) is 11.3 Å². The second-order valence-corrected chi connectivity index (χ2v) is 9.41. The van der Waals surface area contributed by atoms with Crippen LogP contribution < -0.4 is 4.74 Å². The predicted molar refractivity (Wildman–Crippen MR) is 144 cm³/mol. The molecule has 0 aliphatic rings. The molecule has 7 aromatic rings. The smallest absolute Gasteiger partial charge is 0.235 e. The minimum absolute atomic E-state index is 0.603. The van der Waals surface area contributed by atoms with Crippen molar-refractivity contribution in [2.24, 2.45) is 0 Å². The normalized spacial score (nSPS) is 11.4. The molecule has 7 rings (SSSR count). The summed E-state index contributed by atoms with van der Waals surface area (Å²) >= 11 is 1.49. The Hall–Kier alpha value is -4.89. The predicted octanol–water partition coefficient (Wildman–Crippen LogP) is 6.13. The Morgan fingerprint density at radius 2 is 1.59 bits per heavy atom. The lowest BCUT2D eigenvalue weighted by atomic mass is 10.0. The molecular formula is C28H19N7OS. The number of hydrogen-bond donors (Lipinski definition) is 1. The first-order valence-corrected chi connectivity index (χ1v) is 12.5. The number of para-hydroxylation sites is 1. The number of pyridine rings is 1. The van der Waals surface area contributed by atoms with Gasteiger partial charge in [0.05, 0.1) is 24.0 Å². The summed E-state index contributed by atoms with van der Waals surface area (Å²) in [7, 11) is 1.65. The van der Waals surface area contributed by atoms with Crippen LogP contribution in [0.2, 0.25) is 0 Å². The van der Waals surface area contributed by atoms with Crippen molar-refractivity contribution < 1.29 is 4.74 Å². The highest BCUT2D eigenvalue weighted by Gasteiger charge is 2.19. The van der Waals surface area contributed by atoms with Gasteiger partial charge in [0.25, 0.3) is 0 Å². The Morgan fingerprint density at radius 3 is 2.43 bits per heavy atom. The Bertz CT molecular complexity index is 1870. The summed E-state index contributed by atoms with van der Waals surface area (Å²) < 4.78 is 7.02. The van der Waals surface area contributed by atoms with Crippen LogP contribution in [-0.2, 0) is 0 Å². The van der Waals surface area contributed by atoms with Crippen LogP contribution >= 0.6 is 11.3 Å². The molecule has 0 spiro atoms. The number of ether oxygens (including phenoxy) is 1. The van der Waals surface area contributed by atoms with E-state index in [1.54, 1.807) is 11.6 Å². The lowest BCUT2D eigenvalue weighted by Crippen LogP contribution is -1.93. The Kier molecular flexibility index (Phi) is 5.00. The average Bonchev–Trinajstić information content (AvgIpc) is 3.69. The lowest BCUT2D eigenvalue weighted by Gasteiger charge is -2.08. The maximum absolute atomic E-state index is 5.25. The third-order valence-corrected chi connectivity index (χ3v) is 7.14. The number of H-pyrrole nitrogens is 1. The minimum atomic E-state index is 0.603. The van der Waals surface area contributed by atoms with Gasteiger partial charge in [-0.1, -0.05) is 59.9 Å². The fourth-order valence-electron chi connectivity index (χ4n) is 4.35. The van der Waals surface area contributed by atoms with Crippen LogP contribution in [0.3, 0.4) is 0 Å². The molecule has 0 aliphatic carbocycles. The molecule has 37 heavy (non-hydrogen) atoms. The van der Waals surface area contributed by atoms with Crippen LogP contribution in [0.5, 0.6) is 5.75 Å². The third kappa shape index (κ3) is 3.73. The van der Waals surface area contributed by atoms with E-state index in [2.05, 4.69) is 44.7 Å². The maximum Gasteiger partial charge on any atom is 0.235 e. The number of aromatic amines is 1. The van der Waals surface area contributed by atoms with Gasteiger partial charge in [0, 0.05) is 22.1 Å². The molecule has 0 unspecified atom stereocenters. The molecular weight excluding hydrogens is 482 g/mol. The Morgan fingerprint density at radius 1 is 0.811 bits per heavy atom. The van der Waals surface area contributed by atoms with E-state index in [9.17, 15) is 0 Å². The number of aromatic nitrogens is 7. The lowest BCUT2D eigenvalue weighted by molar-refractivity contribution is 0.415. The first-order chi connectivity index (χ1) is 18.3. The van der Waals surface area contributed by atoms with Gasteiger partial charge in [0.15, 0.2) is 0 Å². The summed E-state index contributed by atoms with van der Waals surface area (Å²) in [5, 5.41) is 23.1. The summed E-state index contributed by atoms with van der Waals surface area (Å²) in [5.41, 5.74) is 6.40. The van der Waals surface area contributed by atoms with E-state index in [0.29, 0.717) is 10.8 Å². The molecule has 0 saturated carbocycles. The molecule has 4 heterocycles. The first-order valence-electron chi connectivity index (χ1n) is 11.6. The SMILES string of the molecule is COc1ccc(-c2cc(-c3nnc4sc(-c5cc(-c6ccccc6)nc6ccccc56)nn34)[nH]n2)cc1. The van der Waals surface area contributed by atoms with E-state index in [1.807, 2.05) is 66.7 Å². The number of benzene rings is 3. The quantitative estimate of drug-likeness (QED) is 0.305. The van der Waals surface area contributed by atoms with Crippen molar-refractivity contribution in [2.45, 2.75) is 0 Å². The first kappa shape index (κ1) is 21.4. The minimum Gasteiger partial charge on any atom is -0.497 e. The fourth-order valence-corrected chi connectivity index (χ4v) is 5.22. The highest BCUT2D eigenvalue weighted by Crippen LogP contribution is 2.35. The van der Waals surface area contributed by atoms with Crippen LogP contribution in [0.1, 0.15) is 0 Å². The maximum atomic E-state index is 5.25. The highest BCUT2D eigenvalue weighted by atomic mass is 32.1. The second kappa shape index (κ2) is 8.65. The van der Waals surface area contributed by atoms with Gasteiger partial charge in [0.1, 0.15) is 16.5 Å². The Labute approximate surface area is 215 Å². The zero-order valence-corrected chi connectivity index (χ0v) is 20.5. The summed E-state index contributed by atoms with van der Waals surface area (Å²) in [6, 6.07) is 30.1. The van der Waals surface area contributed by atoms with Crippen LogP contribution in [-0.4, -0.2) is 42.1 Å². The molecule has 1 N–H and O–H groups in total. The number of hydrogen-bond acceptors (Lipinski definition) is 7. The van der Waals surface area contributed by atoms with Gasteiger partial charge in [-0.2, -0.15) is 14.7 Å². The topological polar surface area (TPSA) is 93.9 Å². The van der Waals surface area contributed by atoms with Gasteiger partial charge in [-0.05, 0) is 42.5 Å². The van der Waals surface area contributed by atoms with E-state index < -0.39 is 0 Å². The molecule has 3 aromatic carbocycles. The van der Waals surface area contributed by atoms with Crippen molar-refractivity contribution in [1.82, 2.24) is 35.0 Å². The average molecular weight is 502 g/mol.